The molecule has 0 atom stereocenters. The van der Waals surface area contributed by atoms with Crippen LogP contribution in [-0.4, -0.2) is 43.1 Å². The monoisotopic (exact) mass is 432 g/mol. The molecule has 0 aliphatic carbocycles. The van der Waals surface area contributed by atoms with Gasteiger partial charge in [0.05, 0.1) is 24.2 Å². The second-order valence-corrected chi connectivity index (χ2v) is 6.60. The Hall–Kier alpha value is -3.82. The number of alkyl halides is 3. The Balaban J connectivity index is 2.23. The first-order valence-electron chi connectivity index (χ1n) is 9.26. The molecule has 10 heteroatoms. The van der Waals surface area contributed by atoms with E-state index in [1.165, 1.54) is 6.07 Å². The zero-order chi connectivity index (χ0) is 22.4. The summed E-state index contributed by atoms with van der Waals surface area (Å²) in [5, 5.41) is 17.7. The Morgan fingerprint density at radius 1 is 1.16 bits per heavy atom. The smallest absolute Gasteiger partial charge is 0.416 e. The van der Waals surface area contributed by atoms with Gasteiger partial charge in [0.25, 0.3) is 0 Å². The zero-order valence-corrected chi connectivity index (χ0v) is 16.2. The maximum absolute atomic E-state index is 13.6. The highest BCUT2D eigenvalue weighted by Crippen LogP contribution is 2.36. The van der Waals surface area contributed by atoms with Crippen molar-refractivity contribution in [3.8, 4) is 0 Å². The minimum Gasteiger partial charge on any atom is -0.478 e. The van der Waals surface area contributed by atoms with Gasteiger partial charge in [0, 0.05) is 17.8 Å². The molecule has 0 saturated heterocycles. The fraction of sp³-hybridized carbons (Fsp3) is 0.190. The van der Waals surface area contributed by atoms with Gasteiger partial charge in [-0.2, -0.15) is 13.2 Å². The number of halogens is 3. The van der Waals surface area contributed by atoms with Gasteiger partial charge >= 0.3 is 12.1 Å². The lowest BCUT2D eigenvalue weighted by Gasteiger charge is -2.18. The van der Waals surface area contributed by atoms with Gasteiger partial charge in [-0.15, -0.1) is 0 Å². The fourth-order valence-electron chi connectivity index (χ4n) is 3.16. The molecule has 0 unspecified atom stereocenters. The molecule has 31 heavy (non-hydrogen) atoms. The van der Waals surface area contributed by atoms with Crippen LogP contribution in [0.15, 0.2) is 59.1 Å². The molecule has 1 aliphatic rings. The van der Waals surface area contributed by atoms with E-state index in [9.17, 15) is 27.9 Å². The number of carbonyl (C=O) groups is 2. The van der Waals surface area contributed by atoms with Crippen molar-refractivity contribution in [2.45, 2.75) is 6.18 Å². The van der Waals surface area contributed by atoms with E-state index in [0.717, 1.165) is 12.1 Å². The Kier molecular flexibility index (Phi) is 6.58. The molecule has 162 valence electrons. The second kappa shape index (κ2) is 9.33. The average Bonchev–Trinajstić information content (AvgIpc) is 3.23. The van der Waals surface area contributed by atoms with Crippen molar-refractivity contribution < 1.29 is 27.9 Å². The Morgan fingerprint density at radius 2 is 1.90 bits per heavy atom. The van der Waals surface area contributed by atoms with Crippen molar-refractivity contribution in [3.63, 3.8) is 0 Å². The Morgan fingerprint density at radius 3 is 2.48 bits per heavy atom. The molecule has 0 fully saturated rings. The number of benzene rings is 2. The molecule has 0 spiro atoms. The molecule has 3 rings (SSSR count). The van der Waals surface area contributed by atoms with Crippen LogP contribution in [0.4, 0.5) is 18.9 Å². The first-order valence-corrected chi connectivity index (χ1v) is 9.26. The van der Waals surface area contributed by atoms with Gasteiger partial charge in [0.2, 0.25) is 6.41 Å². The van der Waals surface area contributed by atoms with Crippen molar-refractivity contribution in [1.82, 2.24) is 10.6 Å². The molecule has 4 N–H and O–H groups in total. The van der Waals surface area contributed by atoms with Gasteiger partial charge in [-0.1, -0.05) is 30.3 Å². The summed E-state index contributed by atoms with van der Waals surface area (Å²) in [6.45, 7) is 0.685. The van der Waals surface area contributed by atoms with Crippen molar-refractivity contribution >= 4 is 29.6 Å². The van der Waals surface area contributed by atoms with E-state index < -0.39 is 17.7 Å². The van der Waals surface area contributed by atoms with Crippen LogP contribution in [-0.2, 0) is 15.8 Å². The molecule has 1 aliphatic heterocycles. The molecule has 0 bridgehead atoms. The summed E-state index contributed by atoms with van der Waals surface area (Å²) in [5.41, 5.74) is -0.605. The van der Waals surface area contributed by atoms with Crippen LogP contribution < -0.4 is 16.0 Å². The number of aliphatic carboxylic acids is 1. The summed E-state index contributed by atoms with van der Waals surface area (Å²) in [5.74, 6) is -1.03. The molecule has 0 radical (unpaired) electrons. The normalized spacial score (nSPS) is 14.2. The molecule has 0 saturated carbocycles. The average molecular weight is 432 g/mol. The highest BCUT2D eigenvalue weighted by Gasteiger charge is 2.32. The van der Waals surface area contributed by atoms with E-state index in [4.69, 9.17) is 0 Å². The number of nitrogens with zero attached hydrogens (tertiary/aromatic N) is 1. The van der Waals surface area contributed by atoms with Crippen LogP contribution in [0, 0.1) is 0 Å². The van der Waals surface area contributed by atoms with Crippen LogP contribution in [0.25, 0.3) is 5.57 Å². The van der Waals surface area contributed by atoms with Gasteiger partial charge in [0.1, 0.15) is 0 Å². The third-order valence-electron chi connectivity index (χ3n) is 4.47. The summed E-state index contributed by atoms with van der Waals surface area (Å²) in [6, 6.07) is 11.4. The number of carboxylic acid groups (broad SMARTS) is 1. The van der Waals surface area contributed by atoms with E-state index in [-0.39, 0.29) is 28.9 Å². The number of nitrogens with one attached hydrogen (secondary N) is 3. The first-order chi connectivity index (χ1) is 14.8. The minimum atomic E-state index is -4.66. The first kappa shape index (κ1) is 21.9. The molecule has 1 amide bonds. The third kappa shape index (κ3) is 5.41. The number of hydrogen-bond acceptors (Lipinski definition) is 5. The molecule has 2 aromatic carbocycles. The molecular weight excluding hydrogens is 413 g/mol. The van der Waals surface area contributed by atoms with Crippen molar-refractivity contribution in [2.24, 2.45) is 4.99 Å². The highest BCUT2D eigenvalue weighted by molar-refractivity contribution is 6.02. The maximum Gasteiger partial charge on any atom is 0.416 e. The van der Waals surface area contributed by atoms with Gasteiger partial charge in [-0.3, -0.25) is 9.79 Å². The van der Waals surface area contributed by atoms with Crippen molar-refractivity contribution in [1.29, 1.82) is 0 Å². The fourth-order valence-corrected chi connectivity index (χ4v) is 3.16. The number of anilines is 1. The standard InChI is InChI=1S/C21H19F3N4O3/c22-21(23,24)15-8-14(9-16(10-15)28-20-26-6-7-27-20)18(13-4-2-1-3-5-13)17(19(30)31)11-25-12-29/h1-5,8-10,12H,6-7,11H2,(H,25,29)(H,30,31)(H2,26,27,28). The second-order valence-electron chi connectivity index (χ2n) is 6.60. The van der Waals surface area contributed by atoms with E-state index in [1.807, 2.05) is 0 Å². The number of amides is 1. The van der Waals surface area contributed by atoms with Gasteiger partial charge in [-0.05, 0) is 29.3 Å². The number of carbonyl (C=O) groups excluding carboxylic acids is 1. The predicted octanol–water partition coefficient (Wildman–Crippen LogP) is 2.71. The SMILES string of the molecule is O=CNCC(C(=O)O)=C(c1ccccc1)c1cc(NC2=NCCN2)cc(C(F)(F)F)c1. The number of carboxylic acids is 1. The van der Waals surface area contributed by atoms with E-state index in [0.29, 0.717) is 31.0 Å². The van der Waals surface area contributed by atoms with Crippen molar-refractivity contribution in [2.75, 3.05) is 25.0 Å². The van der Waals surface area contributed by atoms with Crippen LogP contribution in [0.1, 0.15) is 16.7 Å². The largest absolute Gasteiger partial charge is 0.478 e. The predicted molar refractivity (Wildman–Crippen MR) is 110 cm³/mol. The van der Waals surface area contributed by atoms with E-state index >= 15 is 0 Å². The number of hydrogen-bond donors (Lipinski definition) is 4. The lowest BCUT2D eigenvalue weighted by Crippen LogP contribution is -2.26. The Labute approximate surface area is 175 Å². The maximum atomic E-state index is 13.6. The van der Waals surface area contributed by atoms with Crippen molar-refractivity contribution in [3.05, 3.63) is 70.8 Å². The van der Waals surface area contributed by atoms with Crippen LogP contribution in [0.3, 0.4) is 0 Å². The summed E-state index contributed by atoms with van der Waals surface area (Å²) in [4.78, 5) is 26.8. The summed E-state index contributed by atoms with van der Waals surface area (Å²) in [7, 11) is 0. The van der Waals surface area contributed by atoms with Gasteiger partial charge in [0.15, 0.2) is 5.96 Å². The minimum absolute atomic E-state index is 0.0345. The van der Waals surface area contributed by atoms with Crippen LogP contribution in [0.2, 0.25) is 0 Å². The number of aliphatic imine (C=N–C) groups is 1. The summed E-state index contributed by atoms with van der Waals surface area (Å²) >= 11 is 0. The summed E-state index contributed by atoms with van der Waals surface area (Å²) in [6.07, 6.45) is -4.34. The quantitative estimate of drug-likeness (QED) is 0.398. The lowest BCUT2D eigenvalue weighted by atomic mass is 9.91. The van der Waals surface area contributed by atoms with Gasteiger partial charge < -0.3 is 21.1 Å². The molecule has 2 aromatic rings. The third-order valence-corrected chi connectivity index (χ3v) is 4.47. The van der Waals surface area contributed by atoms with Crippen LogP contribution >= 0.6 is 0 Å². The topological polar surface area (TPSA) is 103 Å². The Bertz CT molecular complexity index is 1030. The highest BCUT2D eigenvalue weighted by atomic mass is 19.4. The molecule has 7 nitrogen and oxygen atoms in total. The van der Waals surface area contributed by atoms with Crippen LogP contribution in [0.5, 0.6) is 0 Å². The number of guanidine groups is 1. The lowest BCUT2D eigenvalue weighted by molar-refractivity contribution is -0.137. The number of rotatable bonds is 7. The molecule has 0 aromatic heterocycles. The summed E-state index contributed by atoms with van der Waals surface area (Å²) < 4.78 is 40.9. The van der Waals surface area contributed by atoms with Gasteiger partial charge in [-0.25, -0.2) is 4.79 Å². The molecule has 1 heterocycles. The molecular formula is C21H19F3N4O3. The van der Waals surface area contributed by atoms with E-state index in [1.54, 1.807) is 30.3 Å². The zero-order valence-electron chi connectivity index (χ0n) is 16.2. The van der Waals surface area contributed by atoms with E-state index in [2.05, 4.69) is 20.9 Å².